The number of carbonyl (C=O) groups excluding carboxylic acids is 1. The number of esters is 1. The van der Waals surface area contributed by atoms with Gasteiger partial charge >= 0.3 is 5.97 Å². The molecule has 72 valence electrons. The normalized spacial score (nSPS) is 15.2. The maximum Gasteiger partial charge on any atom is 0.338 e. The van der Waals surface area contributed by atoms with E-state index in [2.05, 4.69) is 5.16 Å². The van der Waals surface area contributed by atoms with Gasteiger partial charge in [-0.15, -0.1) is 0 Å². The summed E-state index contributed by atoms with van der Waals surface area (Å²) >= 11 is 5.60. The van der Waals surface area contributed by atoms with E-state index in [-0.39, 0.29) is 17.7 Å². The SMILES string of the molecule is O=C1OCc2cc(/C(Cl)=N/O)ccc21. The van der Waals surface area contributed by atoms with Crippen molar-refractivity contribution in [3.05, 3.63) is 34.9 Å². The number of cyclic esters (lactones) is 1. The highest BCUT2D eigenvalue weighted by atomic mass is 35.5. The number of fused-ring (bicyclic) bond motifs is 1. The first-order chi connectivity index (χ1) is 6.72. The van der Waals surface area contributed by atoms with Crippen molar-refractivity contribution in [1.82, 2.24) is 0 Å². The van der Waals surface area contributed by atoms with Crippen LogP contribution in [0.15, 0.2) is 23.4 Å². The first-order valence-corrected chi connectivity index (χ1v) is 4.28. The Hall–Kier alpha value is -1.55. The molecule has 0 saturated carbocycles. The van der Waals surface area contributed by atoms with Crippen molar-refractivity contribution < 1.29 is 14.7 Å². The highest BCUT2D eigenvalue weighted by Gasteiger charge is 2.21. The Kier molecular flexibility index (Phi) is 2.13. The van der Waals surface area contributed by atoms with Crippen LogP contribution in [0.1, 0.15) is 21.5 Å². The van der Waals surface area contributed by atoms with Crippen molar-refractivity contribution in [3.63, 3.8) is 0 Å². The summed E-state index contributed by atoms with van der Waals surface area (Å²) in [7, 11) is 0. The fourth-order valence-corrected chi connectivity index (χ4v) is 1.44. The smallest absolute Gasteiger partial charge is 0.338 e. The van der Waals surface area contributed by atoms with E-state index in [1.54, 1.807) is 18.2 Å². The number of hydrogen-bond donors (Lipinski definition) is 1. The van der Waals surface area contributed by atoms with E-state index in [4.69, 9.17) is 21.5 Å². The topological polar surface area (TPSA) is 58.9 Å². The molecule has 0 bridgehead atoms. The number of oxime groups is 1. The van der Waals surface area contributed by atoms with Crippen LogP contribution < -0.4 is 0 Å². The van der Waals surface area contributed by atoms with Gasteiger partial charge in [0.1, 0.15) is 6.61 Å². The lowest BCUT2D eigenvalue weighted by Crippen LogP contribution is -1.96. The molecule has 14 heavy (non-hydrogen) atoms. The number of hydrogen-bond acceptors (Lipinski definition) is 4. The molecule has 0 aliphatic carbocycles. The summed E-state index contributed by atoms with van der Waals surface area (Å²) in [5.74, 6) is -0.330. The van der Waals surface area contributed by atoms with Gasteiger partial charge in [-0.3, -0.25) is 0 Å². The van der Waals surface area contributed by atoms with Crippen LogP contribution in [-0.2, 0) is 11.3 Å². The van der Waals surface area contributed by atoms with Gasteiger partial charge in [-0.1, -0.05) is 22.8 Å². The fraction of sp³-hybridized carbons (Fsp3) is 0.111. The van der Waals surface area contributed by atoms with E-state index in [0.29, 0.717) is 11.1 Å². The van der Waals surface area contributed by atoms with Gasteiger partial charge in [0.2, 0.25) is 0 Å². The zero-order valence-corrected chi connectivity index (χ0v) is 7.78. The highest BCUT2D eigenvalue weighted by Crippen LogP contribution is 2.21. The molecule has 1 heterocycles. The summed E-state index contributed by atoms with van der Waals surface area (Å²) in [6.07, 6.45) is 0. The van der Waals surface area contributed by atoms with Crippen LogP contribution in [0.25, 0.3) is 0 Å². The second kappa shape index (κ2) is 3.31. The molecule has 0 aromatic heterocycles. The number of halogens is 1. The van der Waals surface area contributed by atoms with E-state index in [9.17, 15) is 4.79 Å². The molecular weight excluding hydrogens is 206 g/mol. The Balaban J connectivity index is 2.47. The minimum atomic E-state index is -0.330. The van der Waals surface area contributed by atoms with Gasteiger partial charge in [-0.05, 0) is 12.1 Å². The first kappa shape index (κ1) is 9.02. The summed E-state index contributed by atoms with van der Waals surface area (Å²) in [4.78, 5) is 11.1. The second-order valence-corrected chi connectivity index (χ2v) is 3.20. The number of benzene rings is 1. The van der Waals surface area contributed by atoms with Crippen LogP contribution in [0.3, 0.4) is 0 Å². The summed E-state index contributed by atoms with van der Waals surface area (Å²) in [6.45, 7) is 0.248. The Morgan fingerprint density at radius 2 is 2.36 bits per heavy atom. The van der Waals surface area contributed by atoms with Gasteiger partial charge in [0.05, 0.1) is 5.56 Å². The largest absolute Gasteiger partial charge is 0.457 e. The summed E-state index contributed by atoms with van der Waals surface area (Å²) in [6, 6.07) is 4.88. The van der Waals surface area contributed by atoms with Crippen LogP contribution in [0.4, 0.5) is 0 Å². The number of ether oxygens (including phenoxy) is 1. The van der Waals surface area contributed by atoms with Crippen molar-refractivity contribution in [2.75, 3.05) is 0 Å². The zero-order chi connectivity index (χ0) is 10.1. The van der Waals surface area contributed by atoms with Crippen molar-refractivity contribution in [2.45, 2.75) is 6.61 Å². The summed E-state index contributed by atoms with van der Waals surface area (Å²) < 4.78 is 4.81. The Morgan fingerprint density at radius 3 is 3.07 bits per heavy atom. The summed E-state index contributed by atoms with van der Waals surface area (Å²) in [5, 5.41) is 11.3. The molecule has 1 aromatic carbocycles. The van der Waals surface area contributed by atoms with Gasteiger partial charge < -0.3 is 9.94 Å². The predicted octanol–water partition coefficient (Wildman–Crippen LogP) is 1.73. The molecule has 1 aromatic rings. The highest BCUT2D eigenvalue weighted by molar-refractivity contribution is 6.69. The number of rotatable bonds is 1. The van der Waals surface area contributed by atoms with E-state index in [0.717, 1.165) is 5.56 Å². The van der Waals surface area contributed by atoms with Crippen molar-refractivity contribution >= 4 is 22.7 Å². The average molecular weight is 212 g/mol. The minimum absolute atomic E-state index is 0.00727. The standard InChI is InChI=1S/C9H6ClNO3/c10-8(11-13)5-1-2-7-6(3-5)4-14-9(7)12/h1-3,13H,4H2/b11-8-. The number of nitrogens with zero attached hydrogens (tertiary/aromatic N) is 1. The Labute approximate surface area is 84.7 Å². The van der Waals surface area contributed by atoms with Crippen LogP contribution in [0.5, 0.6) is 0 Å². The van der Waals surface area contributed by atoms with E-state index in [1.807, 2.05) is 0 Å². The van der Waals surface area contributed by atoms with Gasteiger partial charge in [0.15, 0.2) is 5.17 Å². The van der Waals surface area contributed by atoms with Gasteiger partial charge in [-0.2, -0.15) is 0 Å². The van der Waals surface area contributed by atoms with Gasteiger partial charge in [0.25, 0.3) is 0 Å². The zero-order valence-electron chi connectivity index (χ0n) is 7.03. The van der Waals surface area contributed by atoms with Crippen LogP contribution in [-0.4, -0.2) is 16.3 Å². The lowest BCUT2D eigenvalue weighted by molar-refractivity contribution is 0.0535. The van der Waals surface area contributed by atoms with Gasteiger partial charge in [-0.25, -0.2) is 4.79 Å². The molecule has 0 spiro atoms. The molecule has 2 rings (SSSR count). The molecular formula is C9H6ClNO3. The molecule has 0 saturated heterocycles. The molecule has 5 heteroatoms. The number of carbonyl (C=O) groups is 1. The van der Waals surface area contributed by atoms with E-state index >= 15 is 0 Å². The monoisotopic (exact) mass is 211 g/mol. The molecule has 1 aliphatic heterocycles. The third kappa shape index (κ3) is 1.33. The van der Waals surface area contributed by atoms with Gasteiger partial charge in [0, 0.05) is 11.1 Å². The molecule has 0 unspecified atom stereocenters. The van der Waals surface area contributed by atoms with E-state index < -0.39 is 0 Å². The van der Waals surface area contributed by atoms with E-state index in [1.165, 1.54) is 0 Å². The molecule has 0 amide bonds. The first-order valence-electron chi connectivity index (χ1n) is 3.90. The second-order valence-electron chi connectivity index (χ2n) is 2.84. The molecule has 1 N–H and O–H groups in total. The molecule has 1 aliphatic rings. The van der Waals surface area contributed by atoms with Crippen molar-refractivity contribution in [1.29, 1.82) is 0 Å². The molecule has 0 radical (unpaired) electrons. The fourth-order valence-electron chi connectivity index (χ4n) is 1.32. The van der Waals surface area contributed by atoms with Crippen molar-refractivity contribution in [2.24, 2.45) is 5.16 Å². The lowest BCUT2D eigenvalue weighted by atomic mass is 10.1. The van der Waals surface area contributed by atoms with Crippen LogP contribution in [0, 0.1) is 0 Å². The predicted molar refractivity (Wildman–Crippen MR) is 49.7 cm³/mol. The van der Waals surface area contributed by atoms with Crippen molar-refractivity contribution in [3.8, 4) is 0 Å². The summed E-state index contributed by atoms with van der Waals surface area (Å²) in [5.41, 5.74) is 1.86. The maximum atomic E-state index is 11.1. The molecule has 0 atom stereocenters. The van der Waals surface area contributed by atoms with Crippen LogP contribution >= 0.6 is 11.6 Å². The molecule has 4 nitrogen and oxygen atoms in total. The minimum Gasteiger partial charge on any atom is -0.457 e. The average Bonchev–Trinajstić information content (AvgIpc) is 2.59. The Morgan fingerprint density at radius 1 is 1.57 bits per heavy atom. The quantitative estimate of drug-likeness (QED) is 0.333. The third-order valence-electron chi connectivity index (χ3n) is 2.01. The Bertz CT molecular complexity index is 428. The lowest BCUT2D eigenvalue weighted by Gasteiger charge is -1.98. The maximum absolute atomic E-state index is 11.1. The van der Waals surface area contributed by atoms with Crippen LogP contribution in [0.2, 0.25) is 0 Å². The third-order valence-corrected chi connectivity index (χ3v) is 2.30. The molecule has 0 fully saturated rings.